The Morgan fingerprint density at radius 2 is 2.05 bits per heavy atom. The van der Waals surface area contributed by atoms with Gasteiger partial charge in [-0.25, -0.2) is 0 Å². The maximum Gasteiger partial charge on any atom is 0.405 e. The molecule has 0 aliphatic heterocycles. The molecule has 1 aromatic carbocycles. The van der Waals surface area contributed by atoms with Crippen LogP contribution in [0.4, 0.5) is 13.2 Å². The number of alkyl halides is 3. The maximum atomic E-state index is 12.0. The zero-order valence-corrected chi connectivity index (χ0v) is 11.0. The number of hydrogen-bond donors (Lipinski definition) is 1. The summed E-state index contributed by atoms with van der Waals surface area (Å²) in [6.45, 7) is 0.581. The highest BCUT2D eigenvalue weighted by Crippen LogP contribution is 2.20. The summed E-state index contributed by atoms with van der Waals surface area (Å²) in [7, 11) is 0. The topological polar surface area (TPSA) is 34.0 Å². The molecular weight excluding hydrogens is 269 g/mol. The Balaban J connectivity index is 2.16. The van der Waals surface area contributed by atoms with Crippen LogP contribution in [-0.4, -0.2) is 23.2 Å². The fraction of sp³-hybridized carbons (Fsp3) is 0.357. The molecule has 1 aromatic heterocycles. The zero-order chi connectivity index (χ0) is 14.8. The molecule has 3 nitrogen and oxygen atoms in total. The van der Waals surface area contributed by atoms with Gasteiger partial charge >= 0.3 is 6.18 Å². The molecule has 0 unspecified atom stereocenters. The normalized spacial score (nSPS) is 11.8. The minimum atomic E-state index is -4.39. The Kier molecular flexibility index (Phi) is 4.01. The van der Waals surface area contributed by atoms with Crippen LogP contribution >= 0.6 is 0 Å². The van der Waals surface area contributed by atoms with Crippen molar-refractivity contribution in [2.45, 2.75) is 26.1 Å². The molecule has 1 heterocycles. The van der Waals surface area contributed by atoms with Gasteiger partial charge in [0.1, 0.15) is 13.1 Å². The highest BCUT2D eigenvalue weighted by molar-refractivity contribution is 5.85. The van der Waals surface area contributed by atoms with Crippen LogP contribution in [0.1, 0.15) is 12.5 Å². The summed E-state index contributed by atoms with van der Waals surface area (Å²) in [4.78, 5) is 11.6. The second-order valence-electron chi connectivity index (χ2n) is 4.54. The Hall–Kier alpha value is -1.98. The molecule has 0 spiro atoms. The van der Waals surface area contributed by atoms with Crippen LogP contribution in [0.2, 0.25) is 0 Å². The van der Waals surface area contributed by atoms with Crippen LogP contribution < -0.4 is 5.32 Å². The largest absolute Gasteiger partial charge is 0.405 e. The lowest BCUT2D eigenvalue weighted by atomic mass is 10.1. The lowest BCUT2D eigenvalue weighted by Crippen LogP contribution is -2.35. The third kappa shape index (κ3) is 3.31. The molecule has 0 atom stereocenters. The summed E-state index contributed by atoms with van der Waals surface area (Å²) in [6.07, 6.45) is -1.87. The van der Waals surface area contributed by atoms with E-state index < -0.39 is 18.6 Å². The van der Waals surface area contributed by atoms with Gasteiger partial charge in [-0.1, -0.05) is 25.1 Å². The van der Waals surface area contributed by atoms with Gasteiger partial charge in [-0.05, 0) is 23.4 Å². The summed E-state index contributed by atoms with van der Waals surface area (Å²) >= 11 is 0. The number of halogens is 3. The third-order valence-electron chi connectivity index (χ3n) is 3.05. The molecule has 108 valence electrons. The number of nitrogens with zero attached hydrogens (tertiary/aromatic N) is 1. The maximum absolute atomic E-state index is 12.0. The molecule has 0 aliphatic carbocycles. The lowest BCUT2D eigenvalue weighted by molar-refractivity contribution is -0.138. The van der Waals surface area contributed by atoms with E-state index in [1.165, 1.54) is 0 Å². The van der Waals surface area contributed by atoms with Crippen molar-refractivity contribution in [1.29, 1.82) is 0 Å². The number of rotatable bonds is 4. The highest BCUT2D eigenvalue weighted by atomic mass is 19.4. The van der Waals surface area contributed by atoms with Crippen molar-refractivity contribution >= 4 is 16.8 Å². The van der Waals surface area contributed by atoms with Crippen molar-refractivity contribution in [1.82, 2.24) is 9.88 Å². The standard InChI is InChI=1S/C14H15F3N2O/c1-2-10-4-3-5-11-6-7-19(13(10)11)8-12(20)18-9-14(15,16)17/h3-7H,2,8-9H2,1H3,(H,18,20). The minimum Gasteiger partial charge on any atom is -0.345 e. The Bertz CT molecular complexity index is 616. The van der Waals surface area contributed by atoms with E-state index in [2.05, 4.69) is 0 Å². The summed E-state index contributed by atoms with van der Waals surface area (Å²) in [6, 6.07) is 7.64. The van der Waals surface area contributed by atoms with Crippen LogP contribution in [-0.2, 0) is 17.8 Å². The molecule has 0 fully saturated rings. The second-order valence-corrected chi connectivity index (χ2v) is 4.54. The highest BCUT2D eigenvalue weighted by Gasteiger charge is 2.27. The molecule has 0 saturated carbocycles. The van der Waals surface area contributed by atoms with Gasteiger partial charge in [-0.15, -0.1) is 0 Å². The number of aryl methyl sites for hydroxylation is 1. The van der Waals surface area contributed by atoms with Crippen molar-refractivity contribution < 1.29 is 18.0 Å². The monoisotopic (exact) mass is 284 g/mol. The lowest BCUT2D eigenvalue weighted by Gasteiger charge is -2.11. The van der Waals surface area contributed by atoms with Gasteiger partial charge in [0.2, 0.25) is 5.91 Å². The number of para-hydroxylation sites is 1. The van der Waals surface area contributed by atoms with E-state index in [0.717, 1.165) is 22.9 Å². The number of fused-ring (bicyclic) bond motifs is 1. The molecule has 20 heavy (non-hydrogen) atoms. The Morgan fingerprint density at radius 1 is 1.30 bits per heavy atom. The number of aromatic nitrogens is 1. The van der Waals surface area contributed by atoms with Gasteiger partial charge in [0.05, 0.1) is 5.52 Å². The predicted molar refractivity (Wildman–Crippen MR) is 70.4 cm³/mol. The minimum absolute atomic E-state index is 0.114. The molecule has 1 N–H and O–H groups in total. The Morgan fingerprint density at radius 3 is 2.70 bits per heavy atom. The molecule has 0 radical (unpaired) electrons. The summed E-state index contributed by atoms with van der Waals surface area (Å²) in [5.74, 6) is -0.647. The van der Waals surface area contributed by atoms with E-state index in [1.807, 2.05) is 36.5 Å². The van der Waals surface area contributed by atoms with Crippen molar-refractivity contribution in [2.75, 3.05) is 6.54 Å². The fourth-order valence-corrected chi connectivity index (χ4v) is 2.17. The van der Waals surface area contributed by atoms with Gasteiger partial charge in [0.15, 0.2) is 0 Å². The van der Waals surface area contributed by atoms with E-state index in [1.54, 1.807) is 10.8 Å². The summed E-state index contributed by atoms with van der Waals surface area (Å²) < 4.78 is 37.8. The second kappa shape index (κ2) is 5.56. The first-order valence-corrected chi connectivity index (χ1v) is 6.31. The average molecular weight is 284 g/mol. The van der Waals surface area contributed by atoms with Gasteiger partial charge in [0.25, 0.3) is 0 Å². The van der Waals surface area contributed by atoms with Crippen LogP contribution in [0, 0.1) is 0 Å². The molecule has 2 aromatic rings. The van der Waals surface area contributed by atoms with Crippen LogP contribution in [0.15, 0.2) is 30.5 Å². The molecule has 0 bridgehead atoms. The number of amides is 1. The summed E-state index contributed by atoms with van der Waals surface area (Å²) in [5.41, 5.74) is 1.97. The summed E-state index contributed by atoms with van der Waals surface area (Å²) in [5, 5.41) is 2.86. The molecule has 1 amide bonds. The van der Waals surface area contributed by atoms with Gasteiger partial charge < -0.3 is 9.88 Å². The van der Waals surface area contributed by atoms with Crippen LogP contribution in [0.25, 0.3) is 10.9 Å². The number of carbonyl (C=O) groups is 1. The molecule has 2 rings (SSSR count). The number of benzene rings is 1. The average Bonchev–Trinajstić information content (AvgIpc) is 2.79. The van der Waals surface area contributed by atoms with E-state index in [9.17, 15) is 18.0 Å². The third-order valence-corrected chi connectivity index (χ3v) is 3.05. The van der Waals surface area contributed by atoms with Crippen molar-refractivity contribution in [3.8, 4) is 0 Å². The molecule has 0 saturated heterocycles. The van der Waals surface area contributed by atoms with E-state index in [-0.39, 0.29) is 6.54 Å². The van der Waals surface area contributed by atoms with E-state index >= 15 is 0 Å². The van der Waals surface area contributed by atoms with Crippen LogP contribution in [0.3, 0.4) is 0 Å². The Labute approximate surface area is 114 Å². The SMILES string of the molecule is CCc1cccc2ccn(CC(=O)NCC(F)(F)F)c12. The van der Waals surface area contributed by atoms with E-state index in [0.29, 0.717) is 0 Å². The first kappa shape index (κ1) is 14.4. The van der Waals surface area contributed by atoms with Gasteiger partial charge in [0, 0.05) is 6.20 Å². The molecule has 6 heteroatoms. The quantitative estimate of drug-likeness (QED) is 0.920. The van der Waals surface area contributed by atoms with Crippen molar-refractivity contribution in [3.05, 3.63) is 36.0 Å². The van der Waals surface area contributed by atoms with E-state index in [4.69, 9.17) is 0 Å². The first-order chi connectivity index (χ1) is 9.40. The smallest absolute Gasteiger partial charge is 0.345 e. The van der Waals surface area contributed by atoms with Gasteiger partial charge in [-0.2, -0.15) is 13.2 Å². The van der Waals surface area contributed by atoms with Crippen molar-refractivity contribution in [2.24, 2.45) is 0 Å². The van der Waals surface area contributed by atoms with Gasteiger partial charge in [-0.3, -0.25) is 4.79 Å². The molecule has 0 aliphatic rings. The number of nitrogens with one attached hydrogen (secondary N) is 1. The number of hydrogen-bond acceptors (Lipinski definition) is 1. The fourth-order valence-electron chi connectivity index (χ4n) is 2.17. The first-order valence-electron chi connectivity index (χ1n) is 6.31. The van der Waals surface area contributed by atoms with Crippen LogP contribution in [0.5, 0.6) is 0 Å². The predicted octanol–water partition coefficient (Wildman–Crippen LogP) is 2.88. The van der Waals surface area contributed by atoms with Crippen molar-refractivity contribution in [3.63, 3.8) is 0 Å². The zero-order valence-electron chi connectivity index (χ0n) is 11.0. The number of carbonyl (C=O) groups excluding carboxylic acids is 1. The molecular formula is C14H15F3N2O.